The SMILES string of the molecule is CCOC(C(C)C)C(NN)C1CCOC2(CCCCC2)C1. The van der Waals surface area contributed by atoms with Crippen molar-refractivity contribution in [3.63, 3.8) is 0 Å². The average molecular weight is 298 g/mol. The van der Waals surface area contributed by atoms with Crippen LogP contribution in [0.15, 0.2) is 0 Å². The van der Waals surface area contributed by atoms with Crippen LogP contribution in [0.4, 0.5) is 0 Å². The van der Waals surface area contributed by atoms with Crippen LogP contribution < -0.4 is 11.3 Å². The minimum Gasteiger partial charge on any atom is -0.377 e. The highest BCUT2D eigenvalue weighted by Crippen LogP contribution is 2.42. The van der Waals surface area contributed by atoms with E-state index >= 15 is 0 Å². The van der Waals surface area contributed by atoms with Gasteiger partial charge in [-0.1, -0.05) is 33.1 Å². The van der Waals surface area contributed by atoms with Gasteiger partial charge in [-0.25, -0.2) is 0 Å². The van der Waals surface area contributed by atoms with Gasteiger partial charge in [0.15, 0.2) is 0 Å². The number of rotatable bonds is 6. The van der Waals surface area contributed by atoms with Crippen molar-refractivity contribution in [2.24, 2.45) is 17.7 Å². The van der Waals surface area contributed by atoms with Crippen LogP contribution >= 0.6 is 0 Å². The Morgan fingerprint density at radius 3 is 2.57 bits per heavy atom. The second kappa shape index (κ2) is 7.91. The van der Waals surface area contributed by atoms with Gasteiger partial charge < -0.3 is 9.47 Å². The van der Waals surface area contributed by atoms with Crippen LogP contribution in [-0.4, -0.2) is 31.0 Å². The zero-order chi connectivity index (χ0) is 15.3. The number of nitrogens with one attached hydrogen (secondary N) is 1. The first-order valence-electron chi connectivity index (χ1n) is 8.83. The highest BCUT2D eigenvalue weighted by Gasteiger charge is 2.42. The zero-order valence-electron chi connectivity index (χ0n) is 14.1. The molecule has 0 amide bonds. The molecule has 2 rings (SSSR count). The van der Waals surface area contributed by atoms with E-state index in [0.29, 0.717) is 11.8 Å². The number of hydrazine groups is 1. The largest absolute Gasteiger partial charge is 0.377 e. The Labute approximate surface area is 130 Å². The molecule has 4 heteroatoms. The maximum absolute atomic E-state index is 6.22. The normalized spacial score (nSPS) is 28.7. The molecular weight excluding hydrogens is 264 g/mol. The Bertz CT molecular complexity index is 298. The molecule has 0 aromatic carbocycles. The molecule has 0 bridgehead atoms. The van der Waals surface area contributed by atoms with Gasteiger partial charge in [0.25, 0.3) is 0 Å². The van der Waals surface area contributed by atoms with Gasteiger partial charge in [0.1, 0.15) is 0 Å². The zero-order valence-corrected chi connectivity index (χ0v) is 14.1. The molecule has 0 aromatic rings. The highest BCUT2D eigenvalue weighted by atomic mass is 16.5. The smallest absolute Gasteiger partial charge is 0.0766 e. The van der Waals surface area contributed by atoms with Crippen molar-refractivity contribution in [1.82, 2.24) is 5.43 Å². The molecule has 3 N–H and O–H groups in total. The van der Waals surface area contributed by atoms with E-state index in [1.54, 1.807) is 0 Å². The molecule has 21 heavy (non-hydrogen) atoms. The third-order valence-electron chi connectivity index (χ3n) is 5.37. The minimum atomic E-state index is 0.129. The number of ether oxygens (including phenoxy) is 2. The molecule has 2 fully saturated rings. The summed E-state index contributed by atoms with van der Waals surface area (Å²) in [6.07, 6.45) is 8.85. The van der Waals surface area contributed by atoms with Gasteiger partial charge in [-0.05, 0) is 44.4 Å². The monoisotopic (exact) mass is 298 g/mol. The predicted molar refractivity (Wildman–Crippen MR) is 85.9 cm³/mol. The van der Waals surface area contributed by atoms with E-state index in [2.05, 4.69) is 26.2 Å². The third-order valence-corrected chi connectivity index (χ3v) is 5.37. The van der Waals surface area contributed by atoms with Gasteiger partial charge in [0.05, 0.1) is 17.7 Å². The van der Waals surface area contributed by atoms with Gasteiger partial charge in [0, 0.05) is 13.2 Å². The maximum atomic E-state index is 6.22. The lowest BCUT2D eigenvalue weighted by molar-refractivity contribution is -0.132. The van der Waals surface area contributed by atoms with E-state index in [1.807, 2.05) is 0 Å². The van der Waals surface area contributed by atoms with Gasteiger partial charge in [-0.15, -0.1) is 0 Å². The quantitative estimate of drug-likeness (QED) is 0.584. The molecule has 0 aromatic heterocycles. The molecule has 124 valence electrons. The van der Waals surface area contributed by atoms with Crippen molar-refractivity contribution < 1.29 is 9.47 Å². The molecule has 1 aliphatic carbocycles. The standard InChI is InChI=1S/C17H34N2O2/c1-4-20-16(13(2)3)15(19-18)14-8-11-21-17(12-14)9-6-5-7-10-17/h13-16,19H,4-12,18H2,1-3H3. The van der Waals surface area contributed by atoms with Crippen molar-refractivity contribution in [2.75, 3.05) is 13.2 Å². The fraction of sp³-hybridized carbons (Fsp3) is 1.00. The van der Waals surface area contributed by atoms with E-state index in [4.69, 9.17) is 15.3 Å². The summed E-state index contributed by atoms with van der Waals surface area (Å²) >= 11 is 0. The van der Waals surface area contributed by atoms with Gasteiger partial charge in [-0.3, -0.25) is 11.3 Å². The topological polar surface area (TPSA) is 56.5 Å². The number of hydrogen-bond acceptors (Lipinski definition) is 4. The molecule has 1 saturated carbocycles. The van der Waals surface area contributed by atoms with Crippen LogP contribution in [0.25, 0.3) is 0 Å². The van der Waals surface area contributed by atoms with E-state index in [0.717, 1.165) is 26.1 Å². The Morgan fingerprint density at radius 2 is 2.00 bits per heavy atom. The van der Waals surface area contributed by atoms with Crippen molar-refractivity contribution in [3.8, 4) is 0 Å². The van der Waals surface area contributed by atoms with E-state index in [9.17, 15) is 0 Å². The van der Waals surface area contributed by atoms with Crippen LogP contribution in [0, 0.1) is 11.8 Å². The number of nitrogens with two attached hydrogens (primary N) is 1. The molecule has 0 radical (unpaired) electrons. The summed E-state index contributed by atoms with van der Waals surface area (Å²) in [7, 11) is 0. The fourth-order valence-electron chi connectivity index (χ4n) is 4.32. The van der Waals surface area contributed by atoms with Crippen LogP contribution in [0.2, 0.25) is 0 Å². The van der Waals surface area contributed by atoms with Crippen LogP contribution in [0.5, 0.6) is 0 Å². The fourth-order valence-corrected chi connectivity index (χ4v) is 4.32. The molecule has 3 unspecified atom stereocenters. The third kappa shape index (κ3) is 4.19. The van der Waals surface area contributed by atoms with Crippen LogP contribution in [0.3, 0.4) is 0 Å². The number of hydrogen-bond donors (Lipinski definition) is 2. The van der Waals surface area contributed by atoms with Crippen molar-refractivity contribution in [2.45, 2.75) is 83.5 Å². The van der Waals surface area contributed by atoms with Crippen LogP contribution in [-0.2, 0) is 9.47 Å². The van der Waals surface area contributed by atoms with Crippen molar-refractivity contribution >= 4 is 0 Å². The minimum absolute atomic E-state index is 0.129. The lowest BCUT2D eigenvalue weighted by atomic mass is 9.72. The summed E-state index contributed by atoms with van der Waals surface area (Å²) in [4.78, 5) is 0. The Morgan fingerprint density at radius 1 is 1.29 bits per heavy atom. The molecular formula is C17H34N2O2. The first kappa shape index (κ1) is 17.2. The second-order valence-electron chi connectivity index (χ2n) is 7.20. The molecule has 1 heterocycles. The van der Waals surface area contributed by atoms with Gasteiger partial charge in [0.2, 0.25) is 0 Å². The first-order chi connectivity index (χ1) is 10.1. The highest BCUT2D eigenvalue weighted by molar-refractivity contribution is 4.95. The Balaban J connectivity index is 2.05. The van der Waals surface area contributed by atoms with Crippen molar-refractivity contribution in [1.29, 1.82) is 0 Å². The van der Waals surface area contributed by atoms with Gasteiger partial charge in [-0.2, -0.15) is 0 Å². The van der Waals surface area contributed by atoms with E-state index in [1.165, 1.54) is 32.1 Å². The molecule has 4 nitrogen and oxygen atoms in total. The molecule has 1 saturated heterocycles. The van der Waals surface area contributed by atoms with E-state index in [-0.39, 0.29) is 17.7 Å². The predicted octanol–water partition coefficient (Wildman–Crippen LogP) is 3.01. The summed E-state index contributed by atoms with van der Waals surface area (Å²) in [6.45, 7) is 8.13. The lowest BCUT2D eigenvalue weighted by Gasteiger charge is -2.47. The Kier molecular flexibility index (Phi) is 6.48. The average Bonchev–Trinajstić information content (AvgIpc) is 2.48. The Hall–Kier alpha value is -0.160. The maximum Gasteiger partial charge on any atom is 0.0766 e. The summed E-state index contributed by atoms with van der Waals surface area (Å²) in [6, 6.07) is 0.229. The molecule has 1 spiro atoms. The van der Waals surface area contributed by atoms with Gasteiger partial charge >= 0.3 is 0 Å². The molecule has 2 aliphatic rings. The van der Waals surface area contributed by atoms with E-state index < -0.39 is 0 Å². The summed E-state index contributed by atoms with van der Waals surface area (Å²) in [5.41, 5.74) is 3.21. The summed E-state index contributed by atoms with van der Waals surface area (Å²) < 4.78 is 12.2. The molecule has 3 atom stereocenters. The lowest BCUT2D eigenvalue weighted by Crippen LogP contribution is -2.55. The van der Waals surface area contributed by atoms with Crippen LogP contribution in [0.1, 0.15) is 65.7 Å². The first-order valence-corrected chi connectivity index (χ1v) is 8.83. The molecule has 1 aliphatic heterocycles. The summed E-state index contributed by atoms with van der Waals surface area (Å²) in [5.74, 6) is 6.94. The summed E-state index contributed by atoms with van der Waals surface area (Å²) in [5, 5.41) is 0. The second-order valence-corrected chi connectivity index (χ2v) is 7.20. The van der Waals surface area contributed by atoms with Crippen molar-refractivity contribution in [3.05, 3.63) is 0 Å².